The molecule has 0 bridgehead atoms. The van der Waals surface area contributed by atoms with Crippen LogP contribution in [0.15, 0.2) is 0 Å². The van der Waals surface area contributed by atoms with Crippen LogP contribution in [0.2, 0.25) is 0 Å². The van der Waals surface area contributed by atoms with Gasteiger partial charge in [-0.15, -0.1) is 0 Å². The summed E-state index contributed by atoms with van der Waals surface area (Å²) in [5.74, 6) is 1.30. The van der Waals surface area contributed by atoms with Gasteiger partial charge >= 0.3 is 5.97 Å². The topological polar surface area (TPSA) is 41.6 Å². The van der Waals surface area contributed by atoms with E-state index in [4.69, 9.17) is 4.74 Å². The van der Waals surface area contributed by atoms with Gasteiger partial charge in [-0.25, -0.2) is 0 Å². The molecule has 0 aromatic rings. The van der Waals surface area contributed by atoms with Crippen LogP contribution in [0, 0.1) is 11.8 Å². The highest BCUT2D eigenvalue weighted by molar-refractivity contribution is 5.69. The van der Waals surface area contributed by atoms with E-state index in [0.717, 1.165) is 32.0 Å². The second kappa shape index (κ2) is 7.25. The number of nitrogens with one attached hydrogen (secondary N) is 1. The van der Waals surface area contributed by atoms with Crippen LogP contribution in [-0.4, -0.2) is 50.2 Å². The number of carbonyl (C=O) groups excluding carboxylic acids is 1. The van der Waals surface area contributed by atoms with Gasteiger partial charge in [0.05, 0.1) is 6.61 Å². The summed E-state index contributed by atoms with van der Waals surface area (Å²) in [7, 11) is 2.15. The lowest BCUT2D eigenvalue weighted by atomic mass is 9.85. The molecule has 1 aliphatic carbocycles. The van der Waals surface area contributed by atoms with Gasteiger partial charge in [0, 0.05) is 25.6 Å². The number of piperidine rings is 1. The molecular formula is C15H28N2O2. The fourth-order valence-electron chi connectivity index (χ4n) is 3.22. The van der Waals surface area contributed by atoms with Crippen LogP contribution in [0.1, 0.15) is 39.0 Å². The summed E-state index contributed by atoms with van der Waals surface area (Å²) in [5.41, 5.74) is 0. The van der Waals surface area contributed by atoms with Gasteiger partial charge in [0.2, 0.25) is 0 Å². The van der Waals surface area contributed by atoms with E-state index in [0.29, 0.717) is 25.0 Å². The minimum atomic E-state index is -0.0412. The Labute approximate surface area is 116 Å². The summed E-state index contributed by atoms with van der Waals surface area (Å²) in [6, 6.07) is 0.541. The van der Waals surface area contributed by atoms with Crippen LogP contribution in [0.4, 0.5) is 0 Å². The first kappa shape index (κ1) is 14.8. The number of ether oxygens (including phenoxy) is 1. The van der Waals surface area contributed by atoms with Crippen molar-refractivity contribution in [3.63, 3.8) is 0 Å². The second-order valence-electron chi connectivity index (χ2n) is 6.23. The van der Waals surface area contributed by atoms with E-state index in [2.05, 4.69) is 17.3 Å². The third kappa shape index (κ3) is 4.77. The molecule has 4 nitrogen and oxygen atoms in total. The van der Waals surface area contributed by atoms with E-state index < -0.39 is 0 Å². The highest BCUT2D eigenvalue weighted by atomic mass is 16.5. The van der Waals surface area contributed by atoms with E-state index in [1.54, 1.807) is 0 Å². The van der Waals surface area contributed by atoms with Crippen molar-refractivity contribution in [3.05, 3.63) is 0 Å². The summed E-state index contributed by atoms with van der Waals surface area (Å²) in [5, 5.41) is 3.70. The Morgan fingerprint density at radius 2 is 2.11 bits per heavy atom. The Morgan fingerprint density at radius 1 is 1.32 bits per heavy atom. The molecule has 1 saturated carbocycles. The van der Waals surface area contributed by atoms with Crippen molar-refractivity contribution in [2.75, 3.05) is 33.3 Å². The molecule has 2 aliphatic rings. The van der Waals surface area contributed by atoms with Gasteiger partial charge in [-0.05, 0) is 51.6 Å². The standard InChI is InChI=1S/C15H28N2O2/c1-3-19-15(18)8-13-7-14(11-17(2)10-13)16-9-12-5-4-6-12/h12-14,16H,3-11H2,1-2H3. The molecule has 19 heavy (non-hydrogen) atoms. The van der Waals surface area contributed by atoms with Crippen molar-refractivity contribution in [1.82, 2.24) is 10.2 Å². The van der Waals surface area contributed by atoms with Gasteiger partial charge in [-0.1, -0.05) is 6.42 Å². The first-order chi connectivity index (χ1) is 9.17. The number of likely N-dealkylation sites (tertiary alicyclic amines) is 1. The molecule has 1 saturated heterocycles. The van der Waals surface area contributed by atoms with E-state index in [1.807, 2.05) is 6.92 Å². The van der Waals surface area contributed by atoms with Crippen molar-refractivity contribution < 1.29 is 9.53 Å². The fraction of sp³-hybridized carbons (Fsp3) is 0.933. The molecule has 2 rings (SSSR count). The Bertz CT molecular complexity index is 292. The zero-order chi connectivity index (χ0) is 13.7. The number of nitrogens with zero attached hydrogens (tertiary/aromatic N) is 1. The lowest BCUT2D eigenvalue weighted by Crippen LogP contribution is -2.49. The minimum absolute atomic E-state index is 0.0412. The number of hydrogen-bond donors (Lipinski definition) is 1. The van der Waals surface area contributed by atoms with Crippen LogP contribution >= 0.6 is 0 Å². The van der Waals surface area contributed by atoms with Gasteiger partial charge in [-0.3, -0.25) is 4.79 Å². The van der Waals surface area contributed by atoms with Crippen molar-refractivity contribution >= 4 is 5.97 Å². The van der Waals surface area contributed by atoms with Gasteiger partial charge < -0.3 is 15.0 Å². The first-order valence-electron chi connectivity index (χ1n) is 7.75. The Morgan fingerprint density at radius 3 is 2.74 bits per heavy atom. The lowest BCUT2D eigenvalue weighted by Gasteiger charge is -2.37. The van der Waals surface area contributed by atoms with Crippen molar-refractivity contribution in [1.29, 1.82) is 0 Å². The maximum atomic E-state index is 11.6. The Balaban J connectivity index is 1.72. The molecule has 2 unspecified atom stereocenters. The molecule has 4 heteroatoms. The average Bonchev–Trinajstić information content (AvgIpc) is 2.26. The van der Waals surface area contributed by atoms with Gasteiger partial charge in [0.15, 0.2) is 0 Å². The number of likely N-dealkylation sites (N-methyl/N-ethyl adjacent to an activating group) is 1. The molecule has 1 heterocycles. The van der Waals surface area contributed by atoms with Crippen molar-refractivity contribution in [2.45, 2.75) is 45.1 Å². The summed E-state index contributed by atoms with van der Waals surface area (Å²) in [6.45, 7) is 5.63. The largest absolute Gasteiger partial charge is 0.466 e. The molecular weight excluding hydrogens is 240 g/mol. The van der Waals surface area contributed by atoms with E-state index in [-0.39, 0.29) is 5.97 Å². The average molecular weight is 268 g/mol. The number of esters is 1. The maximum Gasteiger partial charge on any atom is 0.306 e. The zero-order valence-electron chi connectivity index (χ0n) is 12.4. The third-order valence-corrected chi connectivity index (χ3v) is 4.40. The van der Waals surface area contributed by atoms with Crippen molar-refractivity contribution in [2.24, 2.45) is 11.8 Å². The van der Waals surface area contributed by atoms with Gasteiger partial charge in [0.25, 0.3) is 0 Å². The highest BCUT2D eigenvalue weighted by Gasteiger charge is 2.28. The summed E-state index contributed by atoms with van der Waals surface area (Å²) in [6.07, 6.45) is 5.86. The zero-order valence-corrected chi connectivity index (χ0v) is 12.4. The number of rotatable bonds is 6. The number of hydrogen-bond acceptors (Lipinski definition) is 4. The van der Waals surface area contributed by atoms with Gasteiger partial charge in [-0.2, -0.15) is 0 Å². The molecule has 0 aromatic heterocycles. The van der Waals surface area contributed by atoms with Crippen LogP contribution in [0.25, 0.3) is 0 Å². The summed E-state index contributed by atoms with van der Waals surface area (Å²) in [4.78, 5) is 13.9. The molecule has 0 aromatic carbocycles. The first-order valence-corrected chi connectivity index (χ1v) is 7.75. The van der Waals surface area contributed by atoms with E-state index in [1.165, 1.54) is 19.3 Å². The van der Waals surface area contributed by atoms with Crippen molar-refractivity contribution in [3.8, 4) is 0 Å². The highest BCUT2D eigenvalue weighted by Crippen LogP contribution is 2.26. The normalized spacial score (nSPS) is 28.9. The third-order valence-electron chi connectivity index (χ3n) is 4.40. The quantitative estimate of drug-likeness (QED) is 0.744. The molecule has 2 fully saturated rings. The van der Waals surface area contributed by atoms with E-state index >= 15 is 0 Å². The smallest absolute Gasteiger partial charge is 0.306 e. The minimum Gasteiger partial charge on any atom is -0.466 e. The molecule has 1 aliphatic heterocycles. The SMILES string of the molecule is CCOC(=O)CC1CC(NCC2CCC2)CN(C)C1. The maximum absolute atomic E-state index is 11.6. The van der Waals surface area contributed by atoms with Crippen LogP contribution < -0.4 is 5.32 Å². The summed E-state index contributed by atoms with van der Waals surface area (Å²) < 4.78 is 5.06. The predicted molar refractivity (Wildman–Crippen MR) is 76.0 cm³/mol. The Kier molecular flexibility index (Phi) is 5.64. The predicted octanol–water partition coefficient (Wildman–Crippen LogP) is 1.65. The van der Waals surface area contributed by atoms with E-state index in [9.17, 15) is 4.79 Å². The lowest BCUT2D eigenvalue weighted by molar-refractivity contribution is -0.144. The fourth-order valence-corrected chi connectivity index (χ4v) is 3.22. The van der Waals surface area contributed by atoms with Crippen LogP contribution in [-0.2, 0) is 9.53 Å². The molecule has 1 N–H and O–H groups in total. The summed E-state index contributed by atoms with van der Waals surface area (Å²) >= 11 is 0. The van der Waals surface area contributed by atoms with Gasteiger partial charge in [0.1, 0.15) is 0 Å². The molecule has 110 valence electrons. The monoisotopic (exact) mass is 268 g/mol. The Hall–Kier alpha value is -0.610. The second-order valence-corrected chi connectivity index (χ2v) is 6.23. The number of carbonyl (C=O) groups is 1. The van der Waals surface area contributed by atoms with Crippen LogP contribution in [0.3, 0.4) is 0 Å². The molecule has 0 radical (unpaired) electrons. The molecule has 0 amide bonds. The van der Waals surface area contributed by atoms with Crippen LogP contribution in [0.5, 0.6) is 0 Å². The molecule has 2 atom stereocenters. The molecule has 0 spiro atoms.